The van der Waals surface area contributed by atoms with Crippen molar-refractivity contribution in [3.05, 3.63) is 53.7 Å². The van der Waals surface area contributed by atoms with Crippen LogP contribution >= 0.6 is 0 Å². The average Bonchev–Trinajstić information content (AvgIpc) is 2.71. The molecule has 0 saturated carbocycles. The van der Waals surface area contributed by atoms with Crippen molar-refractivity contribution in [2.75, 3.05) is 0 Å². The summed E-state index contributed by atoms with van der Waals surface area (Å²) in [5, 5.41) is 8.61. The highest BCUT2D eigenvalue weighted by Gasteiger charge is 2.04. The first-order chi connectivity index (χ1) is 8.20. The lowest BCUT2D eigenvalue weighted by atomic mass is 10.3. The molecule has 0 spiro atoms. The Bertz CT molecular complexity index is 588. The van der Waals surface area contributed by atoms with Gasteiger partial charge in [-0.25, -0.2) is 4.98 Å². The number of nitrogens with two attached hydrogens (primary N) is 1. The number of hydrogen-bond acceptors (Lipinski definition) is 3. The molecule has 0 fully saturated rings. The van der Waals surface area contributed by atoms with Crippen molar-refractivity contribution in [2.24, 2.45) is 5.73 Å². The van der Waals surface area contributed by atoms with Crippen molar-refractivity contribution < 1.29 is 0 Å². The van der Waals surface area contributed by atoms with Crippen LogP contribution in [0.15, 0.2) is 42.2 Å². The molecule has 0 radical (unpaired) electrons. The average molecular weight is 224 g/mol. The van der Waals surface area contributed by atoms with Crippen LogP contribution in [0.5, 0.6) is 0 Å². The zero-order chi connectivity index (χ0) is 12.3. The number of aryl methyl sites for hydroxylation is 1. The van der Waals surface area contributed by atoms with E-state index in [-0.39, 0.29) is 5.70 Å². The summed E-state index contributed by atoms with van der Waals surface area (Å²) in [5.41, 5.74) is 7.33. The van der Waals surface area contributed by atoms with Crippen LogP contribution in [-0.4, -0.2) is 9.55 Å². The maximum absolute atomic E-state index is 8.61. The number of hydrogen-bond donors (Lipinski definition) is 1. The third-order valence-corrected chi connectivity index (χ3v) is 2.37. The molecule has 1 aromatic heterocycles. The normalized spacial score (nSPS) is 11.2. The van der Waals surface area contributed by atoms with Gasteiger partial charge < -0.3 is 10.3 Å². The predicted octanol–water partition coefficient (Wildman–Crippen LogP) is 2.00. The van der Waals surface area contributed by atoms with Crippen LogP contribution in [0.25, 0.3) is 11.8 Å². The SMILES string of the molecule is Cc1nc(C=C(N)C#N)cn1-c1ccccc1. The van der Waals surface area contributed by atoms with Gasteiger partial charge in [0.1, 0.15) is 17.6 Å². The van der Waals surface area contributed by atoms with Crippen molar-refractivity contribution in [2.45, 2.75) is 6.92 Å². The molecule has 17 heavy (non-hydrogen) atoms. The van der Waals surface area contributed by atoms with Crippen molar-refractivity contribution in [1.82, 2.24) is 9.55 Å². The van der Waals surface area contributed by atoms with E-state index in [4.69, 9.17) is 11.0 Å². The molecule has 0 aliphatic heterocycles. The fraction of sp³-hybridized carbons (Fsp3) is 0.0769. The highest BCUT2D eigenvalue weighted by Crippen LogP contribution is 2.13. The third kappa shape index (κ3) is 2.34. The van der Waals surface area contributed by atoms with Crippen LogP contribution in [-0.2, 0) is 0 Å². The fourth-order valence-corrected chi connectivity index (χ4v) is 1.61. The van der Waals surface area contributed by atoms with Gasteiger partial charge in [0.2, 0.25) is 0 Å². The number of nitrogens with zero attached hydrogens (tertiary/aromatic N) is 3. The van der Waals surface area contributed by atoms with Gasteiger partial charge in [0.15, 0.2) is 0 Å². The number of benzene rings is 1. The second kappa shape index (κ2) is 4.54. The topological polar surface area (TPSA) is 67.6 Å². The number of nitriles is 1. The zero-order valence-corrected chi connectivity index (χ0v) is 9.46. The molecular formula is C13H12N4. The van der Waals surface area contributed by atoms with Crippen LogP contribution < -0.4 is 5.73 Å². The molecule has 0 unspecified atom stereocenters. The lowest BCUT2D eigenvalue weighted by Gasteiger charge is -2.02. The van der Waals surface area contributed by atoms with E-state index in [1.807, 2.05) is 54.1 Å². The minimum atomic E-state index is 0.155. The quantitative estimate of drug-likeness (QED) is 0.793. The Labute approximate surface area is 99.6 Å². The Hall–Kier alpha value is -2.54. The molecule has 0 atom stereocenters. The summed E-state index contributed by atoms with van der Waals surface area (Å²) in [6, 6.07) is 11.8. The molecule has 1 heterocycles. The van der Waals surface area contributed by atoms with Crippen molar-refractivity contribution in [3.8, 4) is 11.8 Å². The minimum Gasteiger partial charge on any atom is -0.390 e. The first-order valence-electron chi connectivity index (χ1n) is 5.19. The number of aromatic nitrogens is 2. The molecule has 0 aliphatic rings. The summed E-state index contributed by atoms with van der Waals surface area (Å²) in [5.74, 6) is 0.855. The second-order valence-corrected chi connectivity index (χ2v) is 3.63. The molecule has 2 aromatic rings. The molecule has 0 bridgehead atoms. The molecule has 0 saturated heterocycles. The van der Waals surface area contributed by atoms with Gasteiger partial charge in [-0.2, -0.15) is 5.26 Å². The minimum absolute atomic E-state index is 0.155. The molecule has 1 aromatic carbocycles. The Morgan fingerprint density at radius 2 is 2.12 bits per heavy atom. The van der Waals surface area contributed by atoms with Gasteiger partial charge in [0.25, 0.3) is 0 Å². The first kappa shape index (κ1) is 11.0. The Morgan fingerprint density at radius 3 is 2.76 bits per heavy atom. The van der Waals surface area contributed by atoms with Crippen LogP contribution in [0.1, 0.15) is 11.5 Å². The zero-order valence-electron chi connectivity index (χ0n) is 9.46. The molecule has 2 rings (SSSR count). The first-order valence-corrected chi connectivity index (χ1v) is 5.19. The second-order valence-electron chi connectivity index (χ2n) is 3.63. The molecule has 0 amide bonds. The molecule has 84 valence electrons. The molecular weight excluding hydrogens is 212 g/mol. The third-order valence-electron chi connectivity index (χ3n) is 2.37. The van der Waals surface area contributed by atoms with Crippen LogP contribution in [0, 0.1) is 18.3 Å². The maximum Gasteiger partial charge on any atom is 0.117 e. The lowest BCUT2D eigenvalue weighted by molar-refractivity contribution is 0.975. The van der Waals surface area contributed by atoms with E-state index >= 15 is 0 Å². The van der Waals surface area contributed by atoms with Gasteiger partial charge >= 0.3 is 0 Å². The fourth-order valence-electron chi connectivity index (χ4n) is 1.61. The summed E-state index contributed by atoms with van der Waals surface area (Å²) in [6.45, 7) is 1.91. The summed E-state index contributed by atoms with van der Waals surface area (Å²) in [7, 11) is 0. The largest absolute Gasteiger partial charge is 0.390 e. The summed E-state index contributed by atoms with van der Waals surface area (Å²) >= 11 is 0. The maximum atomic E-state index is 8.61. The summed E-state index contributed by atoms with van der Waals surface area (Å²) in [4.78, 5) is 4.33. The van der Waals surface area contributed by atoms with E-state index in [0.717, 1.165) is 11.5 Å². The van der Waals surface area contributed by atoms with E-state index in [1.54, 1.807) is 6.08 Å². The van der Waals surface area contributed by atoms with Crippen molar-refractivity contribution >= 4 is 6.08 Å². The summed E-state index contributed by atoms with van der Waals surface area (Å²) < 4.78 is 1.95. The lowest BCUT2D eigenvalue weighted by Crippen LogP contribution is -1.94. The van der Waals surface area contributed by atoms with Gasteiger partial charge in [-0.15, -0.1) is 0 Å². The van der Waals surface area contributed by atoms with Gasteiger partial charge in [-0.1, -0.05) is 18.2 Å². The number of para-hydroxylation sites is 1. The van der Waals surface area contributed by atoms with Crippen LogP contribution in [0.2, 0.25) is 0 Å². The van der Waals surface area contributed by atoms with Gasteiger partial charge in [-0.05, 0) is 25.1 Å². The molecule has 4 heteroatoms. The van der Waals surface area contributed by atoms with Crippen molar-refractivity contribution in [1.29, 1.82) is 5.26 Å². The molecule has 2 N–H and O–H groups in total. The van der Waals surface area contributed by atoms with E-state index < -0.39 is 0 Å². The Balaban J connectivity index is 2.43. The monoisotopic (exact) mass is 224 g/mol. The number of allylic oxidation sites excluding steroid dienone is 1. The van der Waals surface area contributed by atoms with Gasteiger partial charge in [0.05, 0.1) is 5.69 Å². The number of rotatable bonds is 2. The summed E-state index contributed by atoms with van der Waals surface area (Å²) in [6.07, 6.45) is 3.42. The predicted molar refractivity (Wildman–Crippen MR) is 66.1 cm³/mol. The van der Waals surface area contributed by atoms with Crippen molar-refractivity contribution in [3.63, 3.8) is 0 Å². The Morgan fingerprint density at radius 1 is 1.41 bits per heavy atom. The number of imidazole rings is 1. The van der Waals surface area contributed by atoms with E-state index in [0.29, 0.717) is 5.69 Å². The van der Waals surface area contributed by atoms with Crippen LogP contribution in [0.3, 0.4) is 0 Å². The highest BCUT2D eigenvalue weighted by atomic mass is 15.1. The molecule has 0 aliphatic carbocycles. The smallest absolute Gasteiger partial charge is 0.117 e. The molecule has 4 nitrogen and oxygen atoms in total. The van der Waals surface area contributed by atoms with E-state index in [9.17, 15) is 0 Å². The highest BCUT2D eigenvalue weighted by molar-refractivity contribution is 5.53. The van der Waals surface area contributed by atoms with Crippen LogP contribution in [0.4, 0.5) is 0 Å². The van der Waals surface area contributed by atoms with E-state index in [1.165, 1.54) is 0 Å². The van der Waals surface area contributed by atoms with Gasteiger partial charge in [-0.3, -0.25) is 0 Å². The van der Waals surface area contributed by atoms with Gasteiger partial charge in [0, 0.05) is 11.9 Å². The van der Waals surface area contributed by atoms with E-state index in [2.05, 4.69) is 4.98 Å². The standard InChI is InChI=1S/C13H12N4/c1-10-16-12(7-11(15)8-14)9-17(10)13-5-3-2-4-6-13/h2-7,9H,15H2,1H3. The Kier molecular flexibility index (Phi) is 2.93.